The normalized spacial score (nSPS) is 10.8. The van der Waals surface area contributed by atoms with Gasteiger partial charge in [-0.2, -0.15) is 0 Å². The molecule has 0 aliphatic heterocycles. The van der Waals surface area contributed by atoms with Crippen molar-refractivity contribution in [2.75, 3.05) is 34.8 Å². The molecule has 2 aromatic carbocycles. The second-order valence-electron chi connectivity index (χ2n) is 10.5. The molecule has 4 rings (SSSR count). The molecule has 0 fully saturated rings. The smallest absolute Gasteiger partial charge is 0.339 e. The number of ether oxygens (including phenoxy) is 2. The van der Waals surface area contributed by atoms with Gasteiger partial charge in [0.05, 0.1) is 66.2 Å². The SMILES string of the molecule is CCS(=O)(=O)N(Cc1ccc(C(=O)OC)cn1)c1ccc(C)c(F)c1.CCS(=O)(=O)Nc1ccc(C)c(F)c1.COC(=O)c1ccc(CBr)nc1. The molecule has 17 heteroatoms. The Hall–Kier alpha value is -4.48. The third-order valence-corrected chi connectivity index (χ3v) is 10.5. The van der Waals surface area contributed by atoms with E-state index in [0.29, 0.717) is 27.7 Å². The number of aryl methyl sites for hydroxylation is 2. The van der Waals surface area contributed by atoms with Crippen LogP contribution in [0.4, 0.5) is 20.2 Å². The lowest BCUT2D eigenvalue weighted by Gasteiger charge is -2.24. The van der Waals surface area contributed by atoms with Crippen LogP contribution >= 0.6 is 15.9 Å². The molecule has 0 radical (unpaired) electrons. The number of pyridine rings is 2. The molecule has 0 aliphatic rings. The van der Waals surface area contributed by atoms with Crippen LogP contribution < -0.4 is 9.03 Å². The van der Waals surface area contributed by atoms with Crippen molar-refractivity contribution >= 4 is 59.3 Å². The second-order valence-corrected chi connectivity index (χ2v) is 15.3. The summed E-state index contributed by atoms with van der Waals surface area (Å²) in [4.78, 5) is 30.5. The first-order chi connectivity index (χ1) is 24.0. The molecular formula is C34H39BrF2N4O8S2. The molecule has 0 bridgehead atoms. The Morgan fingerprint density at radius 1 is 0.765 bits per heavy atom. The van der Waals surface area contributed by atoms with Crippen LogP contribution in [0.3, 0.4) is 0 Å². The second kappa shape index (κ2) is 19.8. The van der Waals surface area contributed by atoms with Crippen molar-refractivity contribution in [3.63, 3.8) is 0 Å². The molecule has 0 unspecified atom stereocenters. The van der Waals surface area contributed by atoms with Gasteiger partial charge >= 0.3 is 11.9 Å². The summed E-state index contributed by atoms with van der Waals surface area (Å²) in [6, 6.07) is 15.0. The largest absolute Gasteiger partial charge is 0.465 e. The number of alkyl halides is 1. The van der Waals surface area contributed by atoms with E-state index in [1.165, 1.54) is 82.9 Å². The van der Waals surface area contributed by atoms with Gasteiger partial charge in [0, 0.05) is 17.7 Å². The molecule has 12 nitrogen and oxygen atoms in total. The van der Waals surface area contributed by atoms with Gasteiger partial charge in [-0.05, 0) is 87.4 Å². The van der Waals surface area contributed by atoms with Gasteiger partial charge in [0.25, 0.3) is 0 Å². The number of hydrogen-bond donors (Lipinski definition) is 1. The summed E-state index contributed by atoms with van der Waals surface area (Å²) in [5, 5.41) is 0.689. The fourth-order valence-electron chi connectivity index (χ4n) is 3.80. The Kier molecular flexibility index (Phi) is 16.6. The van der Waals surface area contributed by atoms with Crippen molar-refractivity contribution in [3.05, 3.63) is 118 Å². The fourth-order valence-corrected chi connectivity index (χ4v) is 5.83. The Bertz CT molecular complexity index is 2000. The summed E-state index contributed by atoms with van der Waals surface area (Å²) < 4.78 is 86.5. The zero-order chi connectivity index (χ0) is 38.4. The molecule has 4 aromatic rings. The first-order valence-electron chi connectivity index (χ1n) is 15.2. The van der Waals surface area contributed by atoms with Crippen molar-refractivity contribution < 1.29 is 44.7 Å². The Morgan fingerprint density at radius 2 is 1.27 bits per heavy atom. The molecule has 276 valence electrons. The van der Waals surface area contributed by atoms with Crippen LogP contribution in [0.1, 0.15) is 57.1 Å². The van der Waals surface area contributed by atoms with E-state index in [4.69, 9.17) is 0 Å². The molecule has 2 heterocycles. The summed E-state index contributed by atoms with van der Waals surface area (Å²) in [5.41, 5.74) is 3.45. The number of anilines is 2. The maximum absolute atomic E-state index is 13.9. The minimum atomic E-state index is -3.64. The molecule has 0 spiro atoms. The number of nitrogens with one attached hydrogen (secondary N) is 1. The summed E-state index contributed by atoms with van der Waals surface area (Å²) in [6.07, 6.45) is 2.82. The molecule has 0 atom stereocenters. The Balaban J connectivity index is 0.000000292. The first-order valence-corrected chi connectivity index (χ1v) is 19.5. The predicted molar refractivity (Wildman–Crippen MR) is 195 cm³/mol. The van der Waals surface area contributed by atoms with Crippen molar-refractivity contribution in [3.8, 4) is 0 Å². The van der Waals surface area contributed by atoms with Crippen LogP contribution in [0.15, 0.2) is 73.1 Å². The van der Waals surface area contributed by atoms with Gasteiger partial charge in [0.2, 0.25) is 20.0 Å². The number of rotatable bonds is 11. The lowest BCUT2D eigenvalue weighted by Crippen LogP contribution is -2.32. The molecule has 0 amide bonds. The minimum absolute atomic E-state index is 0.0253. The van der Waals surface area contributed by atoms with E-state index in [1.54, 1.807) is 32.0 Å². The van der Waals surface area contributed by atoms with E-state index in [9.17, 15) is 35.2 Å². The number of hydrogen-bond acceptors (Lipinski definition) is 10. The quantitative estimate of drug-likeness (QED) is 0.134. The van der Waals surface area contributed by atoms with Crippen LogP contribution in [0.25, 0.3) is 0 Å². The fraction of sp³-hybridized carbons (Fsp3) is 0.294. The third-order valence-electron chi connectivity index (χ3n) is 6.90. The molecule has 0 saturated heterocycles. The van der Waals surface area contributed by atoms with Crippen molar-refractivity contribution in [2.45, 2.75) is 39.6 Å². The Morgan fingerprint density at radius 3 is 1.69 bits per heavy atom. The highest BCUT2D eigenvalue weighted by Gasteiger charge is 2.22. The number of aromatic nitrogens is 2. The highest BCUT2D eigenvalue weighted by atomic mass is 79.9. The third kappa shape index (κ3) is 13.3. The zero-order valence-electron chi connectivity index (χ0n) is 28.8. The van der Waals surface area contributed by atoms with Gasteiger partial charge < -0.3 is 9.47 Å². The van der Waals surface area contributed by atoms with Crippen molar-refractivity contribution in [1.29, 1.82) is 0 Å². The van der Waals surface area contributed by atoms with Crippen LogP contribution in [0, 0.1) is 25.5 Å². The maximum Gasteiger partial charge on any atom is 0.339 e. The van der Waals surface area contributed by atoms with Gasteiger partial charge in [-0.15, -0.1) is 0 Å². The number of halogens is 3. The monoisotopic (exact) mass is 812 g/mol. The van der Waals surface area contributed by atoms with E-state index in [-0.39, 0.29) is 41.0 Å². The van der Waals surface area contributed by atoms with Crippen LogP contribution in [-0.4, -0.2) is 64.5 Å². The standard InChI is InChI=1S/C17H19FN2O4S.C9H12FNO2S.C8H8BrNO2/c1-4-25(22,23)20(15-8-5-12(2)16(18)9-15)11-14-7-6-13(10-19-14)17(21)24-3;1-3-14(12,13)11-8-5-4-7(2)9(10)6-8;1-12-8(11)6-2-3-7(4-9)10-5-6/h5-10H,4,11H2,1-3H3;4-6,11H,3H2,1-2H3;2-3,5H,4H2,1H3. The van der Waals surface area contributed by atoms with Crippen molar-refractivity contribution in [1.82, 2.24) is 9.97 Å². The predicted octanol–water partition coefficient (Wildman–Crippen LogP) is 6.33. The molecule has 1 N–H and O–H groups in total. The van der Waals surface area contributed by atoms with E-state index in [0.717, 1.165) is 10.00 Å². The van der Waals surface area contributed by atoms with E-state index < -0.39 is 37.7 Å². The van der Waals surface area contributed by atoms with Gasteiger partial charge in [0.1, 0.15) is 11.6 Å². The molecule has 2 aromatic heterocycles. The summed E-state index contributed by atoms with van der Waals surface area (Å²) in [7, 11) is -4.35. The van der Waals surface area contributed by atoms with Gasteiger partial charge in [0.15, 0.2) is 0 Å². The maximum atomic E-state index is 13.9. The highest BCUT2D eigenvalue weighted by molar-refractivity contribution is 9.08. The van der Waals surface area contributed by atoms with Gasteiger partial charge in [-0.3, -0.25) is 19.0 Å². The lowest BCUT2D eigenvalue weighted by molar-refractivity contribution is 0.0591. The Labute approximate surface area is 305 Å². The minimum Gasteiger partial charge on any atom is -0.465 e. The topological polar surface area (TPSA) is 162 Å². The van der Waals surface area contributed by atoms with Crippen LogP contribution in [0.5, 0.6) is 0 Å². The molecule has 0 saturated carbocycles. The highest BCUT2D eigenvalue weighted by Crippen LogP contribution is 2.24. The summed E-state index contributed by atoms with van der Waals surface area (Å²) in [5.74, 6) is -1.95. The van der Waals surface area contributed by atoms with E-state index in [2.05, 4.69) is 40.1 Å². The number of carbonyl (C=O) groups excluding carboxylic acids is 2. The van der Waals surface area contributed by atoms with Crippen LogP contribution in [0.2, 0.25) is 0 Å². The molecule has 51 heavy (non-hydrogen) atoms. The first kappa shape index (κ1) is 42.7. The molecular weight excluding hydrogens is 774 g/mol. The number of nitrogens with zero attached hydrogens (tertiary/aromatic N) is 3. The number of benzene rings is 2. The van der Waals surface area contributed by atoms with Crippen molar-refractivity contribution in [2.24, 2.45) is 0 Å². The van der Waals surface area contributed by atoms with Gasteiger partial charge in [-0.25, -0.2) is 35.2 Å². The van der Waals surface area contributed by atoms with E-state index >= 15 is 0 Å². The number of methoxy groups -OCH3 is 2. The number of sulfonamides is 2. The lowest BCUT2D eigenvalue weighted by atomic mass is 10.2. The average Bonchev–Trinajstić information content (AvgIpc) is 3.13. The van der Waals surface area contributed by atoms with Gasteiger partial charge in [-0.1, -0.05) is 28.1 Å². The average molecular weight is 814 g/mol. The number of esters is 2. The van der Waals surface area contributed by atoms with Crippen LogP contribution in [-0.2, 0) is 41.4 Å². The summed E-state index contributed by atoms with van der Waals surface area (Å²) in [6.45, 7) is 6.19. The summed E-state index contributed by atoms with van der Waals surface area (Å²) >= 11 is 3.26. The zero-order valence-corrected chi connectivity index (χ0v) is 32.0. The van der Waals surface area contributed by atoms with E-state index in [1.807, 2.05) is 0 Å². The molecule has 0 aliphatic carbocycles. The number of carbonyl (C=O) groups is 2.